The van der Waals surface area contributed by atoms with Gasteiger partial charge in [0.15, 0.2) is 0 Å². The minimum Gasteiger partial charge on any atom is -0.488 e. The average molecular weight is 445 g/mol. The molecule has 0 aliphatic heterocycles. The van der Waals surface area contributed by atoms with Crippen LogP contribution in [0.25, 0.3) is 10.6 Å². The molecule has 0 saturated heterocycles. The normalized spacial score (nSPS) is 10.5. The predicted molar refractivity (Wildman–Crippen MR) is 124 cm³/mol. The molecule has 0 spiro atoms. The number of carboxylic acid groups (broad SMARTS) is 1. The number of rotatable bonds is 8. The van der Waals surface area contributed by atoms with E-state index in [1.807, 2.05) is 53.9 Å². The molecule has 0 radical (unpaired) electrons. The fraction of sp³-hybridized carbons (Fsp3) is 0.0800. The van der Waals surface area contributed by atoms with Crippen LogP contribution in [0, 0.1) is 0 Å². The largest absolute Gasteiger partial charge is 0.488 e. The third kappa shape index (κ3) is 5.39. The highest BCUT2D eigenvalue weighted by atomic mass is 32.1. The average Bonchev–Trinajstić information content (AvgIpc) is 3.28. The molecule has 0 fully saturated rings. The molecule has 0 atom stereocenters. The minimum atomic E-state index is -1.09. The molecule has 0 saturated carbocycles. The lowest BCUT2D eigenvalue weighted by molar-refractivity contribution is -0.115. The molecule has 2 aromatic heterocycles. The van der Waals surface area contributed by atoms with Crippen molar-refractivity contribution in [3.05, 3.63) is 101 Å². The van der Waals surface area contributed by atoms with Crippen molar-refractivity contribution in [3.8, 4) is 16.3 Å². The zero-order chi connectivity index (χ0) is 22.3. The fourth-order valence-electron chi connectivity index (χ4n) is 3.10. The third-order valence-corrected chi connectivity index (χ3v) is 5.63. The standard InChI is InChI=1S/C25H20N2O4S/c28-24(27-21-9-5-4-8-20(21)25(29)30)12-18-10-11-22(26-14-18)23-13-19(16-32-23)31-15-17-6-2-1-3-7-17/h1-11,13-14,16H,12,15H2,(H,27,28)(H,29,30). The van der Waals surface area contributed by atoms with Crippen molar-refractivity contribution in [1.29, 1.82) is 0 Å². The van der Waals surface area contributed by atoms with E-state index in [2.05, 4.69) is 10.3 Å². The van der Waals surface area contributed by atoms with Gasteiger partial charge in [0.2, 0.25) is 5.91 Å². The number of anilines is 1. The van der Waals surface area contributed by atoms with Gasteiger partial charge in [-0.15, -0.1) is 11.3 Å². The molecule has 1 amide bonds. The van der Waals surface area contributed by atoms with E-state index in [1.165, 1.54) is 6.07 Å². The second kappa shape index (κ2) is 9.89. The van der Waals surface area contributed by atoms with Crippen LogP contribution in [0.5, 0.6) is 5.75 Å². The summed E-state index contributed by atoms with van der Waals surface area (Å²) in [6.07, 6.45) is 1.75. The molecule has 2 aromatic carbocycles. The second-order valence-electron chi connectivity index (χ2n) is 7.05. The van der Waals surface area contributed by atoms with Gasteiger partial charge in [-0.25, -0.2) is 4.79 Å². The molecule has 160 valence electrons. The smallest absolute Gasteiger partial charge is 0.337 e. The van der Waals surface area contributed by atoms with Crippen molar-refractivity contribution in [2.24, 2.45) is 0 Å². The lowest BCUT2D eigenvalue weighted by atomic mass is 10.1. The first-order valence-corrected chi connectivity index (χ1v) is 10.8. The summed E-state index contributed by atoms with van der Waals surface area (Å²) in [5.74, 6) is -0.604. The van der Waals surface area contributed by atoms with Crippen LogP contribution in [-0.2, 0) is 17.8 Å². The summed E-state index contributed by atoms with van der Waals surface area (Å²) in [6, 6.07) is 21.9. The highest BCUT2D eigenvalue weighted by Gasteiger charge is 2.12. The first kappa shape index (κ1) is 21.3. The van der Waals surface area contributed by atoms with E-state index in [1.54, 1.807) is 35.7 Å². The van der Waals surface area contributed by atoms with Gasteiger partial charge in [-0.2, -0.15) is 0 Å². The molecule has 4 aromatic rings. The molecule has 0 aliphatic rings. The maximum Gasteiger partial charge on any atom is 0.337 e. The number of carbonyl (C=O) groups is 2. The molecule has 0 aliphatic carbocycles. The van der Waals surface area contributed by atoms with Crippen molar-refractivity contribution in [2.45, 2.75) is 13.0 Å². The fourth-order valence-corrected chi connectivity index (χ4v) is 3.91. The molecule has 0 unspecified atom stereocenters. The van der Waals surface area contributed by atoms with Crippen LogP contribution < -0.4 is 10.1 Å². The second-order valence-corrected chi connectivity index (χ2v) is 7.96. The number of amides is 1. The Bertz CT molecular complexity index is 1220. The van der Waals surface area contributed by atoms with Gasteiger partial charge >= 0.3 is 5.97 Å². The van der Waals surface area contributed by atoms with Crippen LogP contribution in [-0.4, -0.2) is 22.0 Å². The summed E-state index contributed by atoms with van der Waals surface area (Å²) < 4.78 is 5.84. The number of nitrogens with one attached hydrogen (secondary N) is 1. The highest BCUT2D eigenvalue weighted by Crippen LogP contribution is 2.30. The Morgan fingerprint density at radius 2 is 1.75 bits per heavy atom. The van der Waals surface area contributed by atoms with Crippen LogP contribution in [0.3, 0.4) is 0 Å². The molecule has 32 heavy (non-hydrogen) atoms. The maximum absolute atomic E-state index is 12.4. The van der Waals surface area contributed by atoms with Crippen molar-refractivity contribution in [3.63, 3.8) is 0 Å². The Balaban J connectivity index is 1.36. The molecular formula is C25H20N2O4S. The van der Waals surface area contributed by atoms with Crippen molar-refractivity contribution >= 4 is 28.9 Å². The van der Waals surface area contributed by atoms with Gasteiger partial charge in [-0.05, 0) is 29.3 Å². The van der Waals surface area contributed by atoms with Crippen molar-refractivity contribution < 1.29 is 19.4 Å². The Kier molecular flexibility index (Phi) is 6.57. The Hall–Kier alpha value is -3.97. The number of para-hydroxylation sites is 1. The number of aromatic nitrogens is 1. The Labute approximate surface area is 189 Å². The van der Waals surface area contributed by atoms with Crippen molar-refractivity contribution in [1.82, 2.24) is 4.98 Å². The number of hydrogen-bond acceptors (Lipinski definition) is 5. The molecule has 2 N–H and O–H groups in total. The summed E-state index contributed by atoms with van der Waals surface area (Å²) in [7, 11) is 0. The number of ether oxygens (including phenoxy) is 1. The molecule has 7 heteroatoms. The van der Waals surface area contributed by atoms with Crippen LogP contribution in [0.2, 0.25) is 0 Å². The van der Waals surface area contributed by atoms with Gasteiger partial charge in [0.1, 0.15) is 12.4 Å². The minimum absolute atomic E-state index is 0.0531. The Morgan fingerprint density at radius 3 is 2.50 bits per heavy atom. The summed E-state index contributed by atoms with van der Waals surface area (Å²) in [6.45, 7) is 0.503. The number of pyridine rings is 1. The van der Waals surface area contributed by atoms with Crippen LogP contribution in [0.15, 0.2) is 84.4 Å². The van der Waals surface area contributed by atoms with Gasteiger partial charge in [0.25, 0.3) is 0 Å². The maximum atomic E-state index is 12.4. The van der Waals surface area contributed by atoms with E-state index in [0.717, 1.165) is 27.4 Å². The van der Waals surface area contributed by atoms with E-state index in [4.69, 9.17) is 4.74 Å². The number of hydrogen-bond donors (Lipinski definition) is 2. The van der Waals surface area contributed by atoms with Gasteiger partial charge in [0, 0.05) is 17.6 Å². The van der Waals surface area contributed by atoms with E-state index in [0.29, 0.717) is 6.61 Å². The highest BCUT2D eigenvalue weighted by molar-refractivity contribution is 7.13. The summed E-state index contributed by atoms with van der Waals surface area (Å²) in [5.41, 5.74) is 2.96. The summed E-state index contributed by atoms with van der Waals surface area (Å²) >= 11 is 1.54. The number of carbonyl (C=O) groups excluding carboxylic acids is 1. The quantitative estimate of drug-likeness (QED) is 0.387. The molecule has 6 nitrogen and oxygen atoms in total. The lowest BCUT2D eigenvalue weighted by Crippen LogP contribution is -2.16. The van der Waals surface area contributed by atoms with E-state index in [-0.39, 0.29) is 23.6 Å². The van der Waals surface area contributed by atoms with E-state index >= 15 is 0 Å². The van der Waals surface area contributed by atoms with Crippen LogP contribution in [0.4, 0.5) is 5.69 Å². The first-order chi connectivity index (χ1) is 15.6. The SMILES string of the molecule is O=C(Cc1ccc(-c2cc(OCc3ccccc3)cs2)nc1)Nc1ccccc1C(=O)O. The summed E-state index contributed by atoms with van der Waals surface area (Å²) in [5, 5.41) is 13.8. The topological polar surface area (TPSA) is 88.5 Å². The van der Waals surface area contributed by atoms with E-state index < -0.39 is 5.97 Å². The number of carboxylic acids is 1. The van der Waals surface area contributed by atoms with Crippen molar-refractivity contribution in [2.75, 3.05) is 5.32 Å². The first-order valence-electron chi connectivity index (χ1n) is 9.91. The molecule has 4 rings (SSSR count). The molecule has 0 bridgehead atoms. The van der Waals surface area contributed by atoms with Crippen LogP contribution >= 0.6 is 11.3 Å². The number of benzene rings is 2. The van der Waals surface area contributed by atoms with Gasteiger partial charge in [0.05, 0.1) is 28.2 Å². The lowest BCUT2D eigenvalue weighted by Gasteiger charge is -2.08. The van der Waals surface area contributed by atoms with E-state index in [9.17, 15) is 14.7 Å². The monoisotopic (exact) mass is 444 g/mol. The number of aromatic carboxylic acids is 1. The number of thiophene rings is 1. The van der Waals surface area contributed by atoms with Gasteiger partial charge in [-0.1, -0.05) is 48.5 Å². The summed E-state index contributed by atoms with van der Waals surface area (Å²) in [4.78, 5) is 29.1. The predicted octanol–water partition coefficient (Wildman–Crippen LogP) is 5.27. The van der Waals surface area contributed by atoms with Gasteiger partial charge < -0.3 is 15.2 Å². The molecule has 2 heterocycles. The Morgan fingerprint density at radius 1 is 0.969 bits per heavy atom. The molecular weight excluding hydrogens is 424 g/mol. The zero-order valence-electron chi connectivity index (χ0n) is 17.0. The van der Waals surface area contributed by atoms with Gasteiger partial charge in [-0.3, -0.25) is 9.78 Å². The third-order valence-electron chi connectivity index (χ3n) is 4.70. The number of nitrogens with zero attached hydrogens (tertiary/aromatic N) is 1. The zero-order valence-corrected chi connectivity index (χ0v) is 17.8. The van der Waals surface area contributed by atoms with Crippen LogP contribution in [0.1, 0.15) is 21.5 Å².